The summed E-state index contributed by atoms with van der Waals surface area (Å²) in [6, 6.07) is 2.51. The first kappa shape index (κ1) is 10.8. The minimum absolute atomic E-state index is 0.578. The van der Waals surface area contributed by atoms with Crippen LogP contribution in [0.5, 0.6) is 0 Å². The number of hydrogen-bond donors (Lipinski definition) is 2. The fraction of sp³-hybridized carbons (Fsp3) is 0.300. The third-order valence-corrected chi connectivity index (χ3v) is 3.97. The first-order valence-corrected chi connectivity index (χ1v) is 5.89. The number of thioether (sulfide) groups is 1. The Balaban J connectivity index is 2.43. The summed E-state index contributed by atoms with van der Waals surface area (Å²) in [7, 11) is 0. The fourth-order valence-electron chi connectivity index (χ4n) is 1.61. The third kappa shape index (κ3) is 1.97. The van der Waals surface area contributed by atoms with Gasteiger partial charge in [-0.2, -0.15) is 0 Å². The summed E-state index contributed by atoms with van der Waals surface area (Å²) < 4.78 is 0. The lowest BCUT2D eigenvalue weighted by atomic mass is 10.0. The van der Waals surface area contributed by atoms with Gasteiger partial charge in [-0.3, -0.25) is 4.79 Å². The van der Waals surface area contributed by atoms with E-state index in [2.05, 4.69) is 0 Å². The Morgan fingerprint density at radius 2 is 2.33 bits per heavy atom. The molecule has 3 N–H and O–H groups in total. The number of benzene rings is 1. The van der Waals surface area contributed by atoms with E-state index < -0.39 is 12.0 Å². The zero-order valence-corrected chi connectivity index (χ0v) is 9.44. The number of fused-ring (bicyclic) bond motifs is 1. The van der Waals surface area contributed by atoms with Crippen LogP contribution in [0.15, 0.2) is 17.0 Å². The van der Waals surface area contributed by atoms with Gasteiger partial charge >= 0.3 is 5.97 Å². The molecule has 80 valence electrons. The van der Waals surface area contributed by atoms with Crippen LogP contribution in [0.25, 0.3) is 0 Å². The molecule has 0 spiro atoms. The van der Waals surface area contributed by atoms with Crippen molar-refractivity contribution >= 4 is 29.3 Å². The summed E-state index contributed by atoms with van der Waals surface area (Å²) in [5, 5.41) is 9.41. The molecule has 1 unspecified atom stereocenters. The quantitative estimate of drug-likeness (QED) is 0.835. The Labute approximate surface area is 96.6 Å². The van der Waals surface area contributed by atoms with Crippen LogP contribution in [0.4, 0.5) is 0 Å². The van der Waals surface area contributed by atoms with Gasteiger partial charge in [-0.05, 0) is 23.6 Å². The second-order valence-corrected chi connectivity index (χ2v) is 4.92. The van der Waals surface area contributed by atoms with Crippen molar-refractivity contribution in [1.82, 2.24) is 0 Å². The topological polar surface area (TPSA) is 63.3 Å². The number of nitrogens with two attached hydrogens (primary N) is 1. The molecule has 2 rings (SSSR count). The molecule has 1 aliphatic heterocycles. The normalized spacial score (nSPS) is 16.1. The Morgan fingerprint density at radius 3 is 3.00 bits per heavy atom. The molecule has 0 saturated heterocycles. The fourth-order valence-corrected chi connectivity index (χ4v) is 3.09. The first-order chi connectivity index (χ1) is 7.09. The summed E-state index contributed by atoms with van der Waals surface area (Å²) in [5.74, 6) is -0.0301. The number of aryl methyl sites for hydroxylation is 1. The van der Waals surface area contributed by atoms with E-state index in [9.17, 15) is 4.79 Å². The van der Waals surface area contributed by atoms with Gasteiger partial charge in [0.1, 0.15) is 6.04 Å². The van der Waals surface area contributed by atoms with Crippen LogP contribution in [0.1, 0.15) is 17.2 Å². The van der Waals surface area contributed by atoms with Crippen molar-refractivity contribution in [1.29, 1.82) is 0 Å². The monoisotopic (exact) mass is 243 g/mol. The standard InChI is InChI=1S/C10H10ClNO2S/c11-7-4-6(8(12)10(13)14)3-5-1-2-15-9(5)7/h3-4,8H,1-2,12H2,(H,13,14). The zero-order valence-electron chi connectivity index (χ0n) is 7.87. The number of halogens is 1. The maximum absolute atomic E-state index is 10.7. The van der Waals surface area contributed by atoms with Gasteiger partial charge in [0.2, 0.25) is 0 Å². The van der Waals surface area contributed by atoms with Crippen molar-refractivity contribution in [3.63, 3.8) is 0 Å². The minimum atomic E-state index is -1.03. The summed E-state index contributed by atoms with van der Waals surface area (Å²) in [6.07, 6.45) is 0.930. The number of rotatable bonds is 2. The van der Waals surface area contributed by atoms with E-state index in [0.717, 1.165) is 22.6 Å². The van der Waals surface area contributed by atoms with Gasteiger partial charge < -0.3 is 10.8 Å². The van der Waals surface area contributed by atoms with Gasteiger partial charge in [-0.1, -0.05) is 17.7 Å². The second-order valence-electron chi connectivity index (χ2n) is 3.41. The average Bonchev–Trinajstić information content (AvgIpc) is 2.64. The number of carbonyl (C=O) groups is 1. The molecular weight excluding hydrogens is 234 g/mol. The molecule has 3 nitrogen and oxygen atoms in total. The van der Waals surface area contributed by atoms with E-state index in [-0.39, 0.29) is 0 Å². The van der Waals surface area contributed by atoms with Crippen molar-refractivity contribution in [2.45, 2.75) is 17.4 Å². The molecule has 1 atom stereocenters. The number of carboxylic acids is 1. The molecule has 1 aliphatic rings. The molecule has 0 radical (unpaired) electrons. The highest BCUT2D eigenvalue weighted by Gasteiger charge is 2.20. The maximum atomic E-state index is 10.7. The molecule has 5 heteroatoms. The van der Waals surface area contributed by atoms with Gasteiger partial charge in [0, 0.05) is 10.6 Å². The van der Waals surface area contributed by atoms with Crippen LogP contribution in [0.3, 0.4) is 0 Å². The summed E-state index contributed by atoms with van der Waals surface area (Å²) >= 11 is 7.76. The van der Waals surface area contributed by atoms with Crippen molar-refractivity contribution in [3.8, 4) is 0 Å². The highest BCUT2D eigenvalue weighted by atomic mass is 35.5. The second kappa shape index (κ2) is 4.04. The smallest absolute Gasteiger partial charge is 0.325 e. The number of hydrogen-bond acceptors (Lipinski definition) is 3. The Bertz CT molecular complexity index is 422. The molecule has 15 heavy (non-hydrogen) atoms. The summed E-state index contributed by atoms with van der Waals surface area (Å²) in [6.45, 7) is 0. The van der Waals surface area contributed by atoms with Crippen molar-refractivity contribution in [2.75, 3.05) is 5.75 Å². The molecule has 1 heterocycles. The summed E-state index contributed by atoms with van der Waals surface area (Å²) in [4.78, 5) is 11.8. The van der Waals surface area contributed by atoms with E-state index in [1.807, 2.05) is 6.07 Å². The van der Waals surface area contributed by atoms with Crippen LogP contribution in [0.2, 0.25) is 5.02 Å². The van der Waals surface area contributed by atoms with Crippen LogP contribution < -0.4 is 5.73 Å². The van der Waals surface area contributed by atoms with Crippen molar-refractivity contribution in [3.05, 3.63) is 28.3 Å². The molecular formula is C10H10ClNO2S. The lowest BCUT2D eigenvalue weighted by Crippen LogP contribution is -2.20. The molecule has 1 aromatic carbocycles. The molecule has 0 bridgehead atoms. The van der Waals surface area contributed by atoms with E-state index >= 15 is 0 Å². The molecule has 1 aromatic rings. The Hall–Kier alpha value is -0.710. The predicted octanol–water partition coefficient (Wildman–Crippen LogP) is 2.07. The lowest BCUT2D eigenvalue weighted by Gasteiger charge is -2.10. The molecule has 0 aromatic heterocycles. The van der Waals surface area contributed by atoms with Gasteiger partial charge in [-0.25, -0.2) is 0 Å². The maximum Gasteiger partial charge on any atom is 0.325 e. The van der Waals surface area contributed by atoms with Gasteiger partial charge in [0.15, 0.2) is 0 Å². The van der Waals surface area contributed by atoms with E-state index in [1.165, 1.54) is 0 Å². The van der Waals surface area contributed by atoms with Crippen LogP contribution in [-0.2, 0) is 11.2 Å². The highest BCUT2D eigenvalue weighted by molar-refractivity contribution is 7.99. The van der Waals surface area contributed by atoms with E-state index in [1.54, 1.807) is 17.8 Å². The Kier molecular flexibility index (Phi) is 2.91. The van der Waals surface area contributed by atoms with Crippen molar-refractivity contribution in [2.24, 2.45) is 5.73 Å². The highest BCUT2D eigenvalue weighted by Crippen LogP contribution is 2.38. The van der Waals surface area contributed by atoms with Gasteiger partial charge in [-0.15, -0.1) is 11.8 Å². The molecule has 0 saturated carbocycles. The SMILES string of the molecule is NC(C(=O)O)c1cc(Cl)c2c(c1)CCS2. The van der Waals surface area contributed by atoms with Crippen LogP contribution in [0, 0.1) is 0 Å². The lowest BCUT2D eigenvalue weighted by molar-refractivity contribution is -0.138. The zero-order chi connectivity index (χ0) is 11.0. The predicted molar refractivity (Wildman–Crippen MR) is 60.4 cm³/mol. The van der Waals surface area contributed by atoms with Crippen LogP contribution >= 0.6 is 23.4 Å². The third-order valence-electron chi connectivity index (χ3n) is 2.39. The molecule has 0 aliphatic carbocycles. The largest absolute Gasteiger partial charge is 0.480 e. The van der Waals surface area contributed by atoms with Crippen LogP contribution in [-0.4, -0.2) is 16.8 Å². The number of aliphatic carboxylic acids is 1. The first-order valence-electron chi connectivity index (χ1n) is 4.53. The van der Waals surface area contributed by atoms with Gasteiger partial charge in [0.05, 0.1) is 5.02 Å². The van der Waals surface area contributed by atoms with E-state index in [0.29, 0.717) is 10.6 Å². The van der Waals surface area contributed by atoms with E-state index in [4.69, 9.17) is 22.4 Å². The average molecular weight is 244 g/mol. The molecule has 0 amide bonds. The molecule has 0 fully saturated rings. The minimum Gasteiger partial charge on any atom is -0.480 e. The Morgan fingerprint density at radius 1 is 1.60 bits per heavy atom. The van der Waals surface area contributed by atoms with Gasteiger partial charge in [0.25, 0.3) is 0 Å². The van der Waals surface area contributed by atoms with Crippen molar-refractivity contribution < 1.29 is 9.90 Å². The summed E-state index contributed by atoms with van der Waals surface area (Å²) in [5.41, 5.74) is 7.22. The number of carboxylic acid groups (broad SMARTS) is 1.